The highest BCUT2D eigenvalue weighted by molar-refractivity contribution is 7.91. The highest BCUT2D eigenvalue weighted by Gasteiger charge is 2.44. The number of aromatic nitrogens is 1. The van der Waals surface area contributed by atoms with Crippen LogP contribution in [0.3, 0.4) is 0 Å². The summed E-state index contributed by atoms with van der Waals surface area (Å²) in [6, 6.07) is 9.68. The fourth-order valence-corrected chi connectivity index (χ4v) is 6.03. The fourth-order valence-electron chi connectivity index (χ4n) is 3.84. The van der Waals surface area contributed by atoms with Gasteiger partial charge in [-0.05, 0) is 29.5 Å². The largest absolute Gasteiger partial charge is 0.342 e. The van der Waals surface area contributed by atoms with E-state index in [9.17, 15) is 13.2 Å². The van der Waals surface area contributed by atoms with Crippen molar-refractivity contribution in [2.75, 3.05) is 24.6 Å². The second-order valence-electron chi connectivity index (χ2n) is 6.56. The van der Waals surface area contributed by atoms with Gasteiger partial charge in [0.15, 0.2) is 9.84 Å². The van der Waals surface area contributed by atoms with E-state index in [1.165, 1.54) is 0 Å². The van der Waals surface area contributed by atoms with Crippen LogP contribution in [0.4, 0.5) is 0 Å². The minimum absolute atomic E-state index is 0.0770. The zero-order valence-electron chi connectivity index (χ0n) is 12.7. The lowest BCUT2D eigenvalue weighted by molar-refractivity contribution is -0.129. The Bertz CT molecular complexity index is 853. The SMILES string of the molecule is O=C(Cc1cccc2ncccc12)N1C[C@@H]2CS(=O)(=O)C[C@@H]2C1. The Balaban J connectivity index is 1.51. The number of amides is 1. The molecule has 2 aromatic rings. The number of pyridine rings is 1. The summed E-state index contributed by atoms with van der Waals surface area (Å²) in [5, 5.41) is 1.00. The molecule has 0 radical (unpaired) electrons. The van der Waals surface area contributed by atoms with Crippen molar-refractivity contribution in [1.82, 2.24) is 9.88 Å². The van der Waals surface area contributed by atoms with Crippen LogP contribution in [-0.4, -0.2) is 48.8 Å². The van der Waals surface area contributed by atoms with E-state index in [4.69, 9.17) is 0 Å². The van der Waals surface area contributed by atoms with Gasteiger partial charge in [-0.3, -0.25) is 9.78 Å². The predicted octanol–water partition coefficient (Wildman–Crippen LogP) is 1.28. The van der Waals surface area contributed by atoms with Crippen molar-refractivity contribution >= 4 is 26.6 Å². The summed E-state index contributed by atoms with van der Waals surface area (Å²) in [5.41, 5.74) is 1.87. The van der Waals surface area contributed by atoms with Crippen LogP contribution in [-0.2, 0) is 21.1 Å². The van der Waals surface area contributed by atoms with Gasteiger partial charge in [0.05, 0.1) is 23.4 Å². The highest BCUT2D eigenvalue weighted by Crippen LogP contribution is 2.33. The smallest absolute Gasteiger partial charge is 0.227 e. The van der Waals surface area contributed by atoms with Crippen molar-refractivity contribution in [1.29, 1.82) is 0 Å². The minimum atomic E-state index is -2.89. The average Bonchev–Trinajstić information content (AvgIpc) is 3.01. The molecule has 1 aromatic heterocycles. The van der Waals surface area contributed by atoms with Gasteiger partial charge in [-0.25, -0.2) is 8.42 Å². The van der Waals surface area contributed by atoms with Crippen LogP contribution in [0.5, 0.6) is 0 Å². The number of fused-ring (bicyclic) bond motifs is 2. The fraction of sp³-hybridized carbons (Fsp3) is 0.412. The molecule has 0 N–H and O–H groups in total. The number of carbonyl (C=O) groups is 1. The van der Waals surface area contributed by atoms with Crippen LogP contribution in [0.2, 0.25) is 0 Å². The average molecular weight is 330 g/mol. The summed E-state index contributed by atoms with van der Waals surface area (Å²) in [4.78, 5) is 18.8. The minimum Gasteiger partial charge on any atom is -0.342 e. The zero-order valence-corrected chi connectivity index (χ0v) is 13.5. The second-order valence-corrected chi connectivity index (χ2v) is 8.71. The predicted molar refractivity (Wildman–Crippen MR) is 87.7 cm³/mol. The molecule has 2 atom stereocenters. The van der Waals surface area contributed by atoms with Crippen LogP contribution in [0, 0.1) is 11.8 Å². The molecule has 2 saturated heterocycles. The van der Waals surface area contributed by atoms with Crippen molar-refractivity contribution in [3.05, 3.63) is 42.1 Å². The van der Waals surface area contributed by atoms with Crippen molar-refractivity contribution in [3.63, 3.8) is 0 Å². The third-order valence-electron chi connectivity index (χ3n) is 4.94. The lowest BCUT2D eigenvalue weighted by Gasteiger charge is -2.18. The van der Waals surface area contributed by atoms with Crippen molar-refractivity contribution in [2.45, 2.75) is 6.42 Å². The molecule has 2 aliphatic heterocycles. The van der Waals surface area contributed by atoms with Gasteiger partial charge in [0.1, 0.15) is 0 Å². The maximum Gasteiger partial charge on any atom is 0.227 e. The molecule has 0 aliphatic carbocycles. The molecule has 6 heteroatoms. The van der Waals surface area contributed by atoms with E-state index >= 15 is 0 Å². The van der Waals surface area contributed by atoms with Gasteiger partial charge in [0.2, 0.25) is 5.91 Å². The standard InChI is InChI=1S/C17H18N2O3S/c20-17(19-8-13-10-23(21,22)11-14(13)9-19)7-12-3-1-5-16-15(12)4-2-6-18-16/h1-6,13-14H,7-11H2/t13-,14+. The molecule has 0 spiro atoms. The molecule has 4 rings (SSSR count). The van der Waals surface area contributed by atoms with Crippen molar-refractivity contribution < 1.29 is 13.2 Å². The summed E-state index contributed by atoms with van der Waals surface area (Å²) in [7, 11) is -2.89. The molecule has 0 saturated carbocycles. The monoisotopic (exact) mass is 330 g/mol. The Kier molecular flexibility index (Phi) is 3.37. The maximum absolute atomic E-state index is 12.6. The van der Waals surface area contributed by atoms with E-state index in [1.54, 1.807) is 6.20 Å². The maximum atomic E-state index is 12.6. The third kappa shape index (κ3) is 2.72. The molecular formula is C17H18N2O3S. The Morgan fingerprint density at radius 2 is 1.87 bits per heavy atom. The third-order valence-corrected chi connectivity index (χ3v) is 6.81. The normalized spacial score (nSPS) is 25.7. The van der Waals surface area contributed by atoms with Gasteiger partial charge in [-0.15, -0.1) is 0 Å². The van der Waals surface area contributed by atoms with Crippen molar-refractivity contribution in [2.24, 2.45) is 11.8 Å². The molecule has 2 fully saturated rings. The molecule has 120 valence electrons. The van der Waals surface area contributed by atoms with Gasteiger partial charge >= 0.3 is 0 Å². The number of benzene rings is 1. The van der Waals surface area contributed by atoms with Gasteiger partial charge < -0.3 is 4.90 Å². The number of rotatable bonds is 2. The molecule has 0 bridgehead atoms. The summed E-state index contributed by atoms with van der Waals surface area (Å²) in [6.45, 7) is 1.15. The molecule has 5 nitrogen and oxygen atoms in total. The number of sulfone groups is 1. The van der Waals surface area contributed by atoms with E-state index in [-0.39, 0.29) is 29.2 Å². The zero-order chi connectivity index (χ0) is 16.0. The first-order chi connectivity index (χ1) is 11.0. The number of carbonyl (C=O) groups excluding carboxylic acids is 1. The van der Waals surface area contributed by atoms with Gasteiger partial charge in [0.25, 0.3) is 0 Å². The summed E-state index contributed by atoms with van der Waals surface area (Å²) in [5.74, 6) is 0.795. The quantitative estimate of drug-likeness (QED) is 0.832. The molecule has 3 heterocycles. The highest BCUT2D eigenvalue weighted by atomic mass is 32.2. The second kappa shape index (κ2) is 5.30. The Morgan fingerprint density at radius 1 is 1.13 bits per heavy atom. The number of nitrogens with zero attached hydrogens (tertiary/aromatic N) is 2. The first-order valence-corrected chi connectivity index (χ1v) is 9.65. The van der Waals surface area contributed by atoms with E-state index in [0.29, 0.717) is 19.5 Å². The Labute approximate surface area is 135 Å². The van der Waals surface area contributed by atoms with E-state index in [2.05, 4.69) is 4.98 Å². The molecule has 1 aromatic carbocycles. The lowest BCUT2D eigenvalue weighted by atomic mass is 10.0. The first kappa shape index (κ1) is 14.6. The van der Waals surface area contributed by atoms with Gasteiger partial charge in [-0.2, -0.15) is 0 Å². The number of hydrogen-bond donors (Lipinski definition) is 0. The first-order valence-electron chi connectivity index (χ1n) is 7.83. The molecular weight excluding hydrogens is 312 g/mol. The van der Waals surface area contributed by atoms with Gasteiger partial charge in [-0.1, -0.05) is 18.2 Å². The summed E-state index contributed by atoms with van der Waals surface area (Å²) < 4.78 is 23.3. The van der Waals surface area contributed by atoms with Crippen LogP contribution < -0.4 is 0 Å². The summed E-state index contributed by atoms with van der Waals surface area (Å²) >= 11 is 0. The van der Waals surface area contributed by atoms with Crippen LogP contribution in [0.15, 0.2) is 36.5 Å². The van der Waals surface area contributed by atoms with Crippen LogP contribution in [0.25, 0.3) is 10.9 Å². The molecule has 2 aliphatic rings. The van der Waals surface area contributed by atoms with Crippen LogP contribution in [0.1, 0.15) is 5.56 Å². The Morgan fingerprint density at radius 3 is 2.61 bits per heavy atom. The van der Waals surface area contributed by atoms with E-state index < -0.39 is 9.84 Å². The molecule has 0 unspecified atom stereocenters. The topological polar surface area (TPSA) is 67.3 Å². The lowest BCUT2D eigenvalue weighted by Crippen LogP contribution is -2.32. The summed E-state index contributed by atoms with van der Waals surface area (Å²) in [6.07, 6.45) is 2.09. The van der Waals surface area contributed by atoms with Gasteiger partial charge in [0, 0.05) is 24.7 Å². The number of likely N-dealkylation sites (tertiary alicyclic amines) is 1. The number of hydrogen-bond acceptors (Lipinski definition) is 4. The molecule has 23 heavy (non-hydrogen) atoms. The van der Waals surface area contributed by atoms with Crippen molar-refractivity contribution in [3.8, 4) is 0 Å². The van der Waals surface area contributed by atoms with Crippen LogP contribution >= 0.6 is 0 Å². The Hall–Kier alpha value is -1.95. The van der Waals surface area contributed by atoms with E-state index in [0.717, 1.165) is 16.5 Å². The van der Waals surface area contributed by atoms with E-state index in [1.807, 2.05) is 35.2 Å². The molecule has 1 amide bonds.